The minimum Gasteiger partial charge on any atom is -0.379 e. The Labute approximate surface area is 238 Å². The summed E-state index contributed by atoms with van der Waals surface area (Å²) in [6.07, 6.45) is 14.6. The lowest BCUT2D eigenvalue weighted by atomic mass is 10.0. The van der Waals surface area contributed by atoms with E-state index in [0.717, 1.165) is 24.9 Å². The molecular weight excluding hydrogens is 484 g/mol. The van der Waals surface area contributed by atoms with E-state index in [4.69, 9.17) is 0 Å². The first-order chi connectivity index (χ1) is 19.7. The second kappa shape index (κ2) is 11.7. The summed E-state index contributed by atoms with van der Waals surface area (Å²) in [6.45, 7) is 4.41. The predicted octanol–water partition coefficient (Wildman–Crippen LogP) is 10.1. The number of nitrogens with zero attached hydrogens (tertiary/aromatic N) is 1. The number of fused-ring (bicyclic) bond motifs is 3. The van der Waals surface area contributed by atoms with Crippen molar-refractivity contribution in [3.8, 4) is 16.8 Å². The summed E-state index contributed by atoms with van der Waals surface area (Å²) in [5, 5.41) is 4.97. The quantitative estimate of drug-likeness (QED) is 0.201. The lowest BCUT2D eigenvalue weighted by molar-refractivity contribution is 0.888. The van der Waals surface area contributed by atoms with E-state index in [1.165, 1.54) is 50.1 Å². The Kier molecular flexibility index (Phi) is 7.50. The van der Waals surface area contributed by atoms with E-state index in [-0.39, 0.29) is 6.04 Å². The molecule has 1 aliphatic rings. The average Bonchev–Trinajstić information content (AvgIpc) is 3.35. The topological polar surface area (TPSA) is 17.0 Å². The van der Waals surface area contributed by atoms with E-state index in [1.54, 1.807) is 0 Å². The van der Waals surface area contributed by atoms with Gasteiger partial charge in [-0.15, -0.1) is 0 Å². The number of hydrogen-bond acceptors (Lipinski definition) is 1. The van der Waals surface area contributed by atoms with Gasteiger partial charge in [0.2, 0.25) is 0 Å². The first-order valence-corrected chi connectivity index (χ1v) is 14.4. The number of benzene rings is 4. The fourth-order valence-corrected chi connectivity index (χ4v) is 5.74. The number of rotatable bonds is 8. The van der Waals surface area contributed by atoms with Crippen LogP contribution in [0.3, 0.4) is 0 Å². The van der Waals surface area contributed by atoms with Gasteiger partial charge in [0.05, 0.1) is 5.52 Å². The Bertz CT molecular complexity index is 1700. The van der Waals surface area contributed by atoms with Crippen molar-refractivity contribution in [1.82, 2.24) is 4.57 Å². The van der Waals surface area contributed by atoms with Crippen molar-refractivity contribution < 1.29 is 0 Å². The first kappa shape index (κ1) is 25.7. The van der Waals surface area contributed by atoms with Crippen LogP contribution >= 0.6 is 0 Å². The molecule has 0 amide bonds. The van der Waals surface area contributed by atoms with Crippen LogP contribution in [0, 0.1) is 0 Å². The molecule has 0 spiro atoms. The third-order valence-electron chi connectivity index (χ3n) is 7.66. The van der Waals surface area contributed by atoms with Gasteiger partial charge in [0, 0.05) is 34.1 Å². The summed E-state index contributed by atoms with van der Waals surface area (Å²) in [4.78, 5) is 0. The zero-order valence-electron chi connectivity index (χ0n) is 23.3. The molecule has 198 valence electrons. The standard InChI is InChI=1S/C38H36N2/c1-3-12-29(22-21-28(2)39-33-25-23-31(24-26-33)30-13-5-4-6-14-30)32-15-11-16-34(27-32)40-37-19-9-7-17-35(37)36-18-8-10-20-38(36)40/h4-9,11-19,21-28,39H,3,10,20H2,1-2H3/b22-21-,29-12+. The van der Waals surface area contributed by atoms with E-state index in [1.807, 2.05) is 0 Å². The van der Waals surface area contributed by atoms with Gasteiger partial charge in [-0.05, 0) is 78.8 Å². The Balaban J connectivity index is 1.24. The van der Waals surface area contributed by atoms with Crippen molar-refractivity contribution in [2.75, 3.05) is 5.32 Å². The van der Waals surface area contributed by atoms with Crippen LogP contribution in [0.2, 0.25) is 0 Å². The largest absolute Gasteiger partial charge is 0.379 e. The molecule has 1 heterocycles. The lowest BCUT2D eigenvalue weighted by Gasteiger charge is -2.15. The molecule has 4 aromatic carbocycles. The monoisotopic (exact) mass is 520 g/mol. The SMILES string of the molecule is CC/C=C(\C=C/C(C)Nc1ccc(-c2ccccc2)cc1)c1cccc(-n2c3c(c4ccccc42)C=CCC3)c1. The lowest BCUT2D eigenvalue weighted by Crippen LogP contribution is -2.11. The van der Waals surface area contributed by atoms with Gasteiger partial charge < -0.3 is 9.88 Å². The van der Waals surface area contributed by atoms with Gasteiger partial charge in [-0.25, -0.2) is 0 Å². The normalized spacial score (nSPS) is 14.0. The van der Waals surface area contributed by atoms with Gasteiger partial charge in [-0.3, -0.25) is 0 Å². The molecule has 6 rings (SSSR count). The molecule has 0 bridgehead atoms. The van der Waals surface area contributed by atoms with E-state index in [9.17, 15) is 0 Å². The summed E-state index contributed by atoms with van der Waals surface area (Å²) < 4.78 is 2.47. The van der Waals surface area contributed by atoms with Crippen molar-refractivity contribution in [2.45, 2.75) is 39.2 Å². The molecule has 1 aromatic heterocycles. The van der Waals surface area contributed by atoms with E-state index >= 15 is 0 Å². The summed E-state index contributed by atoms with van der Waals surface area (Å²) in [6, 6.07) is 37.2. The molecule has 0 saturated heterocycles. The van der Waals surface area contributed by atoms with Crippen molar-refractivity contribution >= 4 is 28.2 Å². The molecule has 0 fully saturated rings. The third-order valence-corrected chi connectivity index (χ3v) is 7.66. The van der Waals surface area contributed by atoms with Gasteiger partial charge in [0.1, 0.15) is 0 Å². The second-order valence-corrected chi connectivity index (χ2v) is 10.5. The highest BCUT2D eigenvalue weighted by atomic mass is 15.0. The van der Waals surface area contributed by atoms with Gasteiger partial charge in [0.15, 0.2) is 0 Å². The van der Waals surface area contributed by atoms with Gasteiger partial charge in [0.25, 0.3) is 0 Å². The minimum absolute atomic E-state index is 0.193. The molecule has 1 atom stereocenters. The molecule has 5 aromatic rings. The Morgan fingerprint density at radius 2 is 1.65 bits per heavy atom. The molecule has 1 aliphatic carbocycles. The highest BCUT2D eigenvalue weighted by Crippen LogP contribution is 2.34. The zero-order chi connectivity index (χ0) is 27.3. The van der Waals surface area contributed by atoms with Crippen LogP contribution in [0.25, 0.3) is 39.4 Å². The van der Waals surface area contributed by atoms with Crippen LogP contribution in [0.15, 0.2) is 127 Å². The highest BCUT2D eigenvalue weighted by molar-refractivity contribution is 5.93. The maximum Gasteiger partial charge on any atom is 0.0537 e. The zero-order valence-corrected chi connectivity index (χ0v) is 23.3. The van der Waals surface area contributed by atoms with E-state index < -0.39 is 0 Å². The molecule has 1 unspecified atom stereocenters. The summed E-state index contributed by atoms with van der Waals surface area (Å²) in [5.41, 5.74) is 11.4. The highest BCUT2D eigenvalue weighted by Gasteiger charge is 2.18. The summed E-state index contributed by atoms with van der Waals surface area (Å²) in [5.74, 6) is 0. The van der Waals surface area contributed by atoms with Crippen LogP contribution in [0.1, 0.15) is 43.5 Å². The number of hydrogen-bond donors (Lipinski definition) is 1. The smallest absolute Gasteiger partial charge is 0.0537 e. The number of allylic oxidation sites excluding steroid dienone is 4. The third kappa shape index (κ3) is 5.31. The molecule has 2 nitrogen and oxygen atoms in total. The molecule has 2 heteroatoms. The van der Waals surface area contributed by atoms with Crippen molar-refractivity contribution in [3.63, 3.8) is 0 Å². The second-order valence-electron chi connectivity index (χ2n) is 10.5. The molecule has 0 radical (unpaired) electrons. The van der Waals surface area contributed by atoms with E-state index in [0.29, 0.717) is 0 Å². The van der Waals surface area contributed by atoms with Crippen LogP contribution < -0.4 is 5.32 Å². The number of para-hydroxylation sites is 1. The molecule has 0 aliphatic heterocycles. The molecular formula is C38H36N2. The molecule has 1 N–H and O–H groups in total. The van der Waals surface area contributed by atoms with Gasteiger partial charge in [-0.2, -0.15) is 0 Å². The first-order valence-electron chi connectivity index (χ1n) is 14.4. The van der Waals surface area contributed by atoms with Crippen LogP contribution in [-0.2, 0) is 6.42 Å². The Morgan fingerprint density at radius 3 is 2.48 bits per heavy atom. The summed E-state index contributed by atoms with van der Waals surface area (Å²) in [7, 11) is 0. The molecule has 0 saturated carbocycles. The maximum absolute atomic E-state index is 3.63. The number of nitrogens with one attached hydrogen (secondary N) is 1. The van der Waals surface area contributed by atoms with Crippen molar-refractivity contribution in [3.05, 3.63) is 144 Å². The Morgan fingerprint density at radius 1 is 0.875 bits per heavy atom. The van der Waals surface area contributed by atoms with Crippen LogP contribution in [-0.4, -0.2) is 10.6 Å². The van der Waals surface area contributed by atoms with Gasteiger partial charge in [-0.1, -0.05) is 110 Å². The Hall–Kier alpha value is -4.56. The molecule has 40 heavy (non-hydrogen) atoms. The number of aromatic nitrogens is 1. The van der Waals surface area contributed by atoms with Crippen LogP contribution in [0.4, 0.5) is 5.69 Å². The van der Waals surface area contributed by atoms with E-state index in [2.05, 4.69) is 157 Å². The average molecular weight is 521 g/mol. The van der Waals surface area contributed by atoms with Crippen molar-refractivity contribution in [2.24, 2.45) is 0 Å². The summed E-state index contributed by atoms with van der Waals surface area (Å²) >= 11 is 0. The minimum atomic E-state index is 0.193. The predicted molar refractivity (Wildman–Crippen MR) is 173 cm³/mol. The fourth-order valence-electron chi connectivity index (χ4n) is 5.74. The maximum atomic E-state index is 3.63. The number of anilines is 1. The van der Waals surface area contributed by atoms with Crippen molar-refractivity contribution in [1.29, 1.82) is 0 Å². The van der Waals surface area contributed by atoms with Gasteiger partial charge >= 0.3 is 0 Å². The van der Waals surface area contributed by atoms with Crippen LogP contribution in [0.5, 0.6) is 0 Å². The fraction of sp³-hybridized carbons (Fsp3) is 0.158.